The molecule has 3 aromatic rings. The number of aromatic nitrogens is 6. The van der Waals surface area contributed by atoms with Crippen LogP contribution < -0.4 is 9.47 Å². The zero-order valence-corrected chi connectivity index (χ0v) is 23.3. The van der Waals surface area contributed by atoms with Gasteiger partial charge in [-0.2, -0.15) is 0 Å². The van der Waals surface area contributed by atoms with Crippen LogP contribution in [0.1, 0.15) is 57.1 Å². The molecule has 0 saturated heterocycles. The minimum atomic E-state index is -3.81. The van der Waals surface area contributed by atoms with Crippen LogP contribution in [0.5, 0.6) is 11.6 Å². The van der Waals surface area contributed by atoms with Gasteiger partial charge in [0.1, 0.15) is 24.3 Å². The molecule has 0 spiro atoms. The summed E-state index contributed by atoms with van der Waals surface area (Å²) in [4.78, 5) is 13.0. The SMILES string of the molecule is CCOc1nccc2c1OC[C@H](COC)n1c(CS(=O)(=O)[C@@H](C)[C@H](OC(C)C)c3ncc(C)cn3)nnc1-2. The van der Waals surface area contributed by atoms with Crippen LogP contribution in [0.25, 0.3) is 11.4 Å². The van der Waals surface area contributed by atoms with Crippen molar-refractivity contribution in [2.45, 2.75) is 63.9 Å². The number of hydrogen-bond acceptors (Lipinski definition) is 11. The molecule has 3 atom stereocenters. The molecular formula is C25H34N6O6S. The number of methoxy groups -OCH3 is 1. The summed E-state index contributed by atoms with van der Waals surface area (Å²) < 4.78 is 52.5. The Kier molecular flexibility index (Phi) is 8.58. The Hall–Kier alpha value is -3.16. The average Bonchev–Trinajstić information content (AvgIpc) is 3.20. The molecule has 0 N–H and O–H groups in total. The molecular weight excluding hydrogens is 512 g/mol. The second-order valence-electron chi connectivity index (χ2n) is 9.39. The predicted octanol–water partition coefficient (Wildman–Crippen LogP) is 2.89. The summed E-state index contributed by atoms with van der Waals surface area (Å²) in [7, 11) is -2.24. The third kappa shape index (κ3) is 5.79. The largest absolute Gasteiger partial charge is 0.485 e. The Labute approximate surface area is 222 Å². The summed E-state index contributed by atoms with van der Waals surface area (Å²) in [6.45, 7) is 9.88. The summed E-state index contributed by atoms with van der Waals surface area (Å²) in [5.41, 5.74) is 1.48. The van der Waals surface area contributed by atoms with Gasteiger partial charge in [-0.1, -0.05) is 0 Å². The van der Waals surface area contributed by atoms with Crippen LogP contribution in [0.2, 0.25) is 0 Å². The Morgan fingerprint density at radius 1 is 1.16 bits per heavy atom. The maximum absolute atomic E-state index is 13.8. The molecule has 4 rings (SSSR count). The molecule has 0 unspecified atom stereocenters. The van der Waals surface area contributed by atoms with E-state index in [1.54, 1.807) is 43.3 Å². The lowest BCUT2D eigenvalue weighted by molar-refractivity contribution is 0.00140. The third-order valence-electron chi connectivity index (χ3n) is 6.10. The van der Waals surface area contributed by atoms with Crippen molar-refractivity contribution in [2.24, 2.45) is 0 Å². The van der Waals surface area contributed by atoms with Gasteiger partial charge in [0.25, 0.3) is 5.88 Å². The molecule has 0 aliphatic carbocycles. The fourth-order valence-electron chi connectivity index (χ4n) is 4.27. The van der Waals surface area contributed by atoms with E-state index in [0.29, 0.717) is 35.4 Å². The van der Waals surface area contributed by atoms with Gasteiger partial charge < -0.3 is 23.5 Å². The maximum atomic E-state index is 13.8. The number of sulfone groups is 1. The first-order chi connectivity index (χ1) is 18.2. The van der Waals surface area contributed by atoms with Crippen molar-refractivity contribution >= 4 is 9.84 Å². The van der Waals surface area contributed by atoms with Crippen LogP contribution in [0.15, 0.2) is 24.7 Å². The van der Waals surface area contributed by atoms with Crippen molar-refractivity contribution in [1.82, 2.24) is 29.7 Å². The number of nitrogens with zero attached hydrogens (tertiary/aromatic N) is 6. The van der Waals surface area contributed by atoms with E-state index in [1.807, 2.05) is 27.7 Å². The van der Waals surface area contributed by atoms with E-state index >= 15 is 0 Å². The van der Waals surface area contributed by atoms with Gasteiger partial charge in [0, 0.05) is 25.7 Å². The summed E-state index contributed by atoms with van der Waals surface area (Å²) in [5, 5.41) is 7.72. The number of pyridine rings is 1. The van der Waals surface area contributed by atoms with E-state index < -0.39 is 21.2 Å². The lowest BCUT2D eigenvalue weighted by atomic mass is 10.2. The summed E-state index contributed by atoms with van der Waals surface area (Å²) in [6.07, 6.45) is 3.80. The molecule has 3 aromatic heterocycles. The summed E-state index contributed by atoms with van der Waals surface area (Å²) >= 11 is 0. The molecule has 206 valence electrons. The van der Waals surface area contributed by atoms with Gasteiger partial charge in [-0.15, -0.1) is 10.2 Å². The number of ether oxygens (including phenoxy) is 4. The fourth-order valence-corrected chi connectivity index (χ4v) is 5.65. The molecule has 38 heavy (non-hydrogen) atoms. The maximum Gasteiger partial charge on any atom is 0.257 e. The molecule has 0 saturated carbocycles. The zero-order valence-electron chi connectivity index (χ0n) is 22.5. The van der Waals surface area contributed by atoms with E-state index in [9.17, 15) is 8.42 Å². The quantitative estimate of drug-likeness (QED) is 0.350. The van der Waals surface area contributed by atoms with Crippen molar-refractivity contribution in [2.75, 3.05) is 26.9 Å². The van der Waals surface area contributed by atoms with E-state index in [-0.39, 0.29) is 36.9 Å². The average molecular weight is 547 g/mol. The van der Waals surface area contributed by atoms with Gasteiger partial charge in [-0.3, -0.25) is 0 Å². The van der Waals surface area contributed by atoms with Gasteiger partial charge in [0.2, 0.25) is 0 Å². The van der Waals surface area contributed by atoms with Gasteiger partial charge in [-0.25, -0.2) is 23.4 Å². The topological polar surface area (TPSA) is 140 Å². The van der Waals surface area contributed by atoms with Crippen LogP contribution >= 0.6 is 0 Å². The molecule has 0 aromatic carbocycles. The minimum absolute atomic E-state index is 0.191. The fraction of sp³-hybridized carbons (Fsp3) is 0.560. The molecule has 1 aliphatic heterocycles. The van der Waals surface area contributed by atoms with Crippen LogP contribution in [0.3, 0.4) is 0 Å². The highest BCUT2D eigenvalue weighted by molar-refractivity contribution is 7.91. The highest BCUT2D eigenvalue weighted by atomic mass is 32.2. The molecule has 12 nitrogen and oxygen atoms in total. The predicted molar refractivity (Wildman–Crippen MR) is 139 cm³/mol. The van der Waals surface area contributed by atoms with E-state index in [4.69, 9.17) is 18.9 Å². The molecule has 4 heterocycles. The minimum Gasteiger partial charge on any atom is -0.485 e. The third-order valence-corrected chi connectivity index (χ3v) is 8.14. The van der Waals surface area contributed by atoms with Gasteiger partial charge in [-0.05, 0) is 46.2 Å². The first-order valence-corrected chi connectivity index (χ1v) is 14.2. The van der Waals surface area contributed by atoms with Crippen LogP contribution in [-0.2, 0) is 25.1 Å². The summed E-state index contributed by atoms with van der Waals surface area (Å²) in [5.74, 6) is 1.45. The normalized spacial score (nSPS) is 16.8. The van der Waals surface area contributed by atoms with Crippen molar-refractivity contribution in [3.63, 3.8) is 0 Å². The number of fused-ring (bicyclic) bond motifs is 3. The van der Waals surface area contributed by atoms with E-state index in [0.717, 1.165) is 5.56 Å². The smallest absolute Gasteiger partial charge is 0.257 e. The first kappa shape index (κ1) is 27.9. The Bertz CT molecular complexity index is 1340. The lowest BCUT2D eigenvalue weighted by Gasteiger charge is -2.25. The zero-order chi connectivity index (χ0) is 27.4. The molecule has 0 bridgehead atoms. The van der Waals surface area contributed by atoms with E-state index in [1.165, 1.54) is 0 Å². The Morgan fingerprint density at radius 3 is 2.55 bits per heavy atom. The lowest BCUT2D eigenvalue weighted by Crippen LogP contribution is -2.32. The Balaban J connectivity index is 1.72. The van der Waals surface area contributed by atoms with Crippen LogP contribution in [-0.4, -0.2) is 76.4 Å². The van der Waals surface area contributed by atoms with Crippen molar-refractivity contribution in [3.8, 4) is 23.0 Å². The van der Waals surface area contributed by atoms with E-state index in [2.05, 4.69) is 25.1 Å². The highest BCUT2D eigenvalue weighted by Gasteiger charge is 2.37. The second kappa shape index (κ2) is 11.7. The standard InChI is InChI=1S/C25H34N6O6S/c1-7-35-25-22-19(8-9-26-25)24-30-29-20(31(24)18(12-34-6)13-36-22)14-38(32,33)17(5)21(37-15(2)3)23-27-10-16(4)11-28-23/h8-11,15,17-18,21H,7,12-14H2,1-6H3/t17-,18-,21-/m0/s1. The molecule has 1 aliphatic rings. The second-order valence-corrected chi connectivity index (χ2v) is 11.8. The van der Waals surface area contributed by atoms with Gasteiger partial charge in [0.05, 0.1) is 36.2 Å². The molecule has 0 amide bonds. The molecule has 13 heteroatoms. The number of hydrogen-bond donors (Lipinski definition) is 0. The van der Waals surface area contributed by atoms with Gasteiger partial charge in [0.15, 0.2) is 27.2 Å². The number of rotatable bonds is 11. The van der Waals surface area contributed by atoms with Gasteiger partial charge >= 0.3 is 0 Å². The Morgan fingerprint density at radius 2 is 1.89 bits per heavy atom. The highest BCUT2D eigenvalue weighted by Crippen LogP contribution is 2.40. The number of aryl methyl sites for hydroxylation is 1. The molecule has 0 fully saturated rings. The van der Waals surface area contributed by atoms with Crippen molar-refractivity contribution in [3.05, 3.63) is 41.9 Å². The monoisotopic (exact) mass is 546 g/mol. The van der Waals surface area contributed by atoms with Crippen LogP contribution in [0, 0.1) is 6.92 Å². The first-order valence-electron chi connectivity index (χ1n) is 12.5. The van der Waals surface area contributed by atoms with Crippen molar-refractivity contribution in [1.29, 1.82) is 0 Å². The molecule has 0 radical (unpaired) electrons. The van der Waals surface area contributed by atoms with Crippen molar-refractivity contribution < 1.29 is 27.4 Å². The van der Waals surface area contributed by atoms with Crippen LogP contribution in [0.4, 0.5) is 0 Å². The summed E-state index contributed by atoms with van der Waals surface area (Å²) in [6, 6.07) is 1.37.